The van der Waals surface area contributed by atoms with Gasteiger partial charge in [-0.3, -0.25) is 4.98 Å². The van der Waals surface area contributed by atoms with E-state index < -0.39 is 8.80 Å². The van der Waals surface area contributed by atoms with Crippen molar-refractivity contribution in [3.63, 3.8) is 0 Å². The summed E-state index contributed by atoms with van der Waals surface area (Å²) in [6, 6.07) is 10.9. The predicted octanol–water partition coefficient (Wildman–Crippen LogP) is 2.66. The number of aryl methyl sites for hydroxylation is 1. The minimum absolute atomic E-state index is 0.754. The van der Waals surface area contributed by atoms with Crippen molar-refractivity contribution >= 4 is 19.7 Å². The highest BCUT2D eigenvalue weighted by atomic mass is 28.4. The van der Waals surface area contributed by atoms with Crippen molar-refractivity contribution in [2.24, 2.45) is 0 Å². The third-order valence-corrected chi connectivity index (χ3v) is 6.10. The summed E-state index contributed by atoms with van der Waals surface area (Å²) >= 11 is 0. The van der Waals surface area contributed by atoms with E-state index in [0.29, 0.717) is 0 Å². The van der Waals surface area contributed by atoms with Gasteiger partial charge in [-0.1, -0.05) is 18.2 Å². The molecule has 0 unspecified atom stereocenters. The zero-order valence-corrected chi connectivity index (χ0v) is 12.6. The molecule has 0 radical (unpaired) electrons. The van der Waals surface area contributed by atoms with Gasteiger partial charge in [-0.2, -0.15) is 0 Å². The van der Waals surface area contributed by atoms with Crippen LogP contribution in [0.2, 0.25) is 6.04 Å². The largest absolute Gasteiger partial charge is 0.500 e. The molecule has 0 saturated heterocycles. The van der Waals surface area contributed by atoms with E-state index in [-0.39, 0.29) is 0 Å². The second-order valence-electron chi connectivity index (χ2n) is 4.28. The maximum absolute atomic E-state index is 5.45. The Labute approximate surface area is 114 Å². The van der Waals surface area contributed by atoms with Crippen molar-refractivity contribution in [2.75, 3.05) is 21.3 Å². The molecule has 4 nitrogen and oxygen atoms in total. The molecule has 0 fully saturated rings. The average Bonchev–Trinajstić information content (AvgIpc) is 2.49. The summed E-state index contributed by atoms with van der Waals surface area (Å²) in [6.07, 6.45) is 2.69. The highest BCUT2D eigenvalue weighted by Crippen LogP contribution is 2.21. The molecule has 1 aromatic carbocycles. The van der Waals surface area contributed by atoms with Crippen LogP contribution in [0.5, 0.6) is 0 Å². The van der Waals surface area contributed by atoms with Crippen LogP contribution in [0.1, 0.15) is 5.56 Å². The van der Waals surface area contributed by atoms with Gasteiger partial charge >= 0.3 is 8.80 Å². The van der Waals surface area contributed by atoms with Crippen LogP contribution in [0.3, 0.4) is 0 Å². The number of para-hydroxylation sites is 1. The van der Waals surface area contributed by atoms with Crippen molar-refractivity contribution in [2.45, 2.75) is 12.5 Å². The molecule has 1 aromatic heterocycles. The van der Waals surface area contributed by atoms with E-state index in [4.69, 9.17) is 13.3 Å². The van der Waals surface area contributed by atoms with Crippen molar-refractivity contribution in [1.82, 2.24) is 4.98 Å². The molecule has 102 valence electrons. The lowest BCUT2D eigenvalue weighted by molar-refractivity contribution is 0.124. The molecule has 2 aromatic rings. The number of nitrogens with zero attached hydrogens (tertiary/aromatic N) is 1. The number of pyridine rings is 1. The molecule has 1 heterocycles. The van der Waals surface area contributed by atoms with Crippen LogP contribution in [-0.4, -0.2) is 35.1 Å². The molecule has 19 heavy (non-hydrogen) atoms. The smallest absolute Gasteiger partial charge is 0.377 e. The fraction of sp³-hybridized carbons (Fsp3) is 0.357. The summed E-state index contributed by atoms with van der Waals surface area (Å²) in [5.41, 5.74) is 2.26. The van der Waals surface area contributed by atoms with Crippen molar-refractivity contribution in [1.29, 1.82) is 0 Å². The molecule has 0 saturated carbocycles. The first-order valence-electron chi connectivity index (χ1n) is 6.23. The molecule has 0 aliphatic heterocycles. The van der Waals surface area contributed by atoms with Gasteiger partial charge < -0.3 is 13.3 Å². The molecule has 0 N–H and O–H groups in total. The van der Waals surface area contributed by atoms with Gasteiger partial charge in [0.25, 0.3) is 0 Å². The topological polar surface area (TPSA) is 40.6 Å². The lowest BCUT2D eigenvalue weighted by Crippen LogP contribution is -2.43. The van der Waals surface area contributed by atoms with Gasteiger partial charge in [0.15, 0.2) is 0 Å². The van der Waals surface area contributed by atoms with Crippen molar-refractivity contribution < 1.29 is 13.3 Å². The Morgan fingerprint density at radius 3 is 2.37 bits per heavy atom. The van der Waals surface area contributed by atoms with Crippen LogP contribution in [0.15, 0.2) is 36.5 Å². The zero-order chi connectivity index (χ0) is 13.7. The molecular formula is C14H19NO3Si. The maximum atomic E-state index is 5.45. The Kier molecular flexibility index (Phi) is 4.65. The second kappa shape index (κ2) is 6.25. The molecular weight excluding hydrogens is 258 g/mol. The van der Waals surface area contributed by atoms with Gasteiger partial charge in [-0.25, -0.2) is 0 Å². The summed E-state index contributed by atoms with van der Waals surface area (Å²) in [6.45, 7) is 0. The van der Waals surface area contributed by atoms with E-state index >= 15 is 0 Å². The molecule has 5 heteroatoms. The second-order valence-corrected chi connectivity index (χ2v) is 7.37. The van der Waals surface area contributed by atoms with Crippen LogP contribution >= 0.6 is 0 Å². The molecule has 0 amide bonds. The molecule has 0 bridgehead atoms. The predicted molar refractivity (Wildman–Crippen MR) is 77.0 cm³/mol. The minimum atomic E-state index is -2.51. The lowest BCUT2D eigenvalue weighted by Gasteiger charge is -2.24. The normalized spacial score (nSPS) is 11.9. The Morgan fingerprint density at radius 2 is 1.68 bits per heavy atom. The quantitative estimate of drug-likeness (QED) is 0.761. The number of hydrogen-bond donors (Lipinski definition) is 0. The van der Waals surface area contributed by atoms with E-state index in [9.17, 15) is 0 Å². The Morgan fingerprint density at radius 1 is 1.00 bits per heavy atom. The van der Waals surface area contributed by atoms with Crippen LogP contribution in [0.25, 0.3) is 10.9 Å². The first-order chi connectivity index (χ1) is 9.24. The van der Waals surface area contributed by atoms with Gasteiger partial charge in [0.1, 0.15) is 0 Å². The lowest BCUT2D eigenvalue weighted by atomic mass is 10.1. The molecule has 0 aliphatic rings. The maximum Gasteiger partial charge on any atom is 0.500 e. The summed E-state index contributed by atoms with van der Waals surface area (Å²) in [5, 5.41) is 1.18. The number of hydrogen-bond acceptors (Lipinski definition) is 4. The molecule has 0 atom stereocenters. The fourth-order valence-electron chi connectivity index (χ4n) is 2.22. The van der Waals surface area contributed by atoms with Gasteiger partial charge in [0, 0.05) is 39.0 Å². The number of rotatable bonds is 6. The third-order valence-electron chi connectivity index (χ3n) is 3.37. The van der Waals surface area contributed by atoms with Crippen molar-refractivity contribution in [3.05, 3.63) is 42.1 Å². The minimum Gasteiger partial charge on any atom is -0.377 e. The monoisotopic (exact) mass is 277 g/mol. The highest BCUT2D eigenvalue weighted by molar-refractivity contribution is 6.60. The van der Waals surface area contributed by atoms with E-state index in [1.54, 1.807) is 21.3 Å². The number of benzene rings is 1. The zero-order valence-electron chi connectivity index (χ0n) is 11.6. The van der Waals surface area contributed by atoms with Gasteiger partial charge in [-0.15, -0.1) is 0 Å². The third kappa shape index (κ3) is 3.01. The van der Waals surface area contributed by atoms with E-state index in [2.05, 4.69) is 11.1 Å². The van der Waals surface area contributed by atoms with Crippen molar-refractivity contribution in [3.8, 4) is 0 Å². The van der Waals surface area contributed by atoms with Gasteiger partial charge in [0.05, 0.1) is 5.52 Å². The Hall–Kier alpha value is -1.27. The summed E-state index contributed by atoms with van der Waals surface area (Å²) in [7, 11) is 2.42. The Balaban J connectivity index is 2.22. The van der Waals surface area contributed by atoms with Crippen LogP contribution < -0.4 is 0 Å². The summed E-state index contributed by atoms with van der Waals surface area (Å²) in [5.74, 6) is 0. The molecule has 0 spiro atoms. The Bertz CT molecular complexity index is 529. The van der Waals surface area contributed by atoms with Crippen LogP contribution in [0.4, 0.5) is 0 Å². The average molecular weight is 277 g/mol. The number of aromatic nitrogens is 1. The number of fused-ring (bicyclic) bond motifs is 1. The molecule has 0 aliphatic carbocycles. The highest BCUT2D eigenvalue weighted by Gasteiger charge is 2.37. The summed E-state index contributed by atoms with van der Waals surface area (Å²) < 4.78 is 16.3. The standard InChI is InChI=1S/C14H19NO3Si/c1-16-19(17-2,18-3)11-9-12-8-10-15-14-7-5-4-6-13(12)14/h4-8,10H,9,11H2,1-3H3. The van der Waals surface area contributed by atoms with Crippen LogP contribution in [-0.2, 0) is 19.7 Å². The van der Waals surface area contributed by atoms with E-state index in [1.165, 1.54) is 10.9 Å². The van der Waals surface area contributed by atoms with E-state index in [0.717, 1.165) is 18.0 Å². The first-order valence-corrected chi connectivity index (χ1v) is 8.16. The fourth-order valence-corrected chi connectivity index (χ4v) is 3.90. The summed E-state index contributed by atoms with van der Waals surface area (Å²) in [4.78, 5) is 4.36. The van der Waals surface area contributed by atoms with Gasteiger partial charge in [0.2, 0.25) is 0 Å². The molecule has 2 rings (SSSR count). The van der Waals surface area contributed by atoms with Crippen LogP contribution in [0, 0.1) is 0 Å². The van der Waals surface area contributed by atoms with Gasteiger partial charge in [-0.05, 0) is 24.1 Å². The SMILES string of the molecule is CO[Si](CCc1ccnc2ccccc12)(OC)OC. The van der Waals surface area contributed by atoms with E-state index in [1.807, 2.05) is 30.5 Å². The first kappa shape index (κ1) is 14.1.